The van der Waals surface area contributed by atoms with Gasteiger partial charge in [-0.3, -0.25) is 4.79 Å². The van der Waals surface area contributed by atoms with E-state index in [2.05, 4.69) is 10.3 Å². The van der Waals surface area contributed by atoms with Gasteiger partial charge in [0.2, 0.25) is 15.9 Å². The summed E-state index contributed by atoms with van der Waals surface area (Å²) in [5.74, 6) is -0.439. The van der Waals surface area contributed by atoms with Gasteiger partial charge in [0.15, 0.2) is 5.13 Å². The minimum Gasteiger partial charge on any atom is -0.301 e. The Balaban J connectivity index is 1.50. The lowest BCUT2D eigenvalue weighted by atomic mass is 10.1. The Bertz CT molecular complexity index is 1250. The van der Waals surface area contributed by atoms with Crippen LogP contribution in [-0.2, 0) is 14.8 Å². The highest BCUT2D eigenvalue weighted by Gasteiger charge is 2.23. The molecule has 0 saturated carbocycles. The van der Waals surface area contributed by atoms with E-state index in [9.17, 15) is 13.2 Å². The minimum atomic E-state index is -3.79. The van der Waals surface area contributed by atoms with Crippen LogP contribution < -0.4 is 5.32 Å². The number of carbonyl (C=O) groups excluding carboxylic acids is 1. The van der Waals surface area contributed by atoms with Crippen LogP contribution in [0.1, 0.15) is 0 Å². The minimum absolute atomic E-state index is 0.154. The highest BCUT2D eigenvalue weighted by Crippen LogP contribution is 2.25. The number of aromatic nitrogens is 1. The van der Waals surface area contributed by atoms with Crippen LogP contribution in [0.4, 0.5) is 5.13 Å². The van der Waals surface area contributed by atoms with Crippen molar-refractivity contribution >= 4 is 53.4 Å². The molecule has 28 heavy (non-hydrogen) atoms. The van der Waals surface area contributed by atoms with Gasteiger partial charge in [0.25, 0.3) is 0 Å². The topological polar surface area (TPSA) is 79.4 Å². The van der Waals surface area contributed by atoms with Gasteiger partial charge in [-0.1, -0.05) is 53.8 Å². The Morgan fingerprint density at radius 1 is 1.04 bits per heavy atom. The fourth-order valence-electron chi connectivity index (χ4n) is 2.88. The third-order valence-electron chi connectivity index (χ3n) is 4.34. The second kappa shape index (κ2) is 7.31. The number of hydrogen-bond donors (Lipinski definition) is 1. The number of rotatable bonds is 5. The van der Waals surface area contributed by atoms with E-state index in [-0.39, 0.29) is 11.4 Å². The summed E-state index contributed by atoms with van der Waals surface area (Å²) >= 11 is 1.35. The van der Waals surface area contributed by atoms with E-state index in [0.29, 0.717) is 5.13 Å². The standard InChI is InChI=1S/C20H17N3O3S2/c1-23(13-19(24)22-20-21-17-8-4-5-9-18(17)27-20)28(25,26)16-11-10-14-6-2-3-7-15(14)12-16/h2-12H,13H2,1H3,(H,21,22,24). The number of nitrogens with one attached hydrogen (secondary N) is 1. The number of hydrogen-bond acceptors (Lipinski definition) is 5. The van der Waals surface area contributed by atoms with Crippen molar-refractivity contribution in [3.8, 4) is 0 Å². The van der Waals surface area contributed by atoms with Crippen molar-refractivity contribution in [1.82, 2.24) is 9.29 Å². The molecule has 1 amide bonds. The quantitative estimate of drug-likeness (QED) is 0.543. The summed E-state index contributed by atoms with van der Waals surface area (Å²) in [5, 5.41) is 4.91. The predicted molar refractivity (Wildman–Crippen MR) is 112 cm³/mol. The number of nitrogens with zero attached hydrogens (tertiary/aromatic N) is 2. The van der Waals surface area contributed by atoms with Crippen LogP contribution >= 0.6 is 11.3 Å². The fraction of sp³-hybridized carbons (Fsp3) is 0.100. The molecular weight excluding hydrogens is 394 g/mol. The average molecular weight is 412 g/mol. The first-order chi connectivity index (χ1) is 13.4. The Morgan fingerprint density at radius 3 is 2.54 bits per heavy atom. The Labute approximate surface area is 166 Å². The largest absolute Gasteiger partial charge is 0.301 e. The molecule has 0 bridgehead atoms. The molecule has 1 N–H and O–H groups in total. The molecule has 0 atom stereocenters. The van der Waals surface area contributed by atoms with Gasteiger partial charge in [0.1, 0.15) is 0 Å². The summed E-state index contributed by atoms with van der Waals surface area (Å²) in [6.07, 6.45) is 0. The maximum Gasteiger partial charge on any atom is 0.243 e. The molecule has 142 valence electrons. The second-order valence-electron chi connectivity index (χ2n) is 6.30. The molecule has 0 fully saturated rings. The highest BCUT2D eigenvalue weighted by molar-refractivity contribution is 7.89. The van der Waals surface area contributed by atoms with Crippen molar-refractivity contribution in [2.24, 2.45) is 0 Å². The van der Waals surface area contributed by atoms with Gasteiger partial charge in [-0.05, 0) is 35.0 Å². The SMILES string of the molecule is CN(CC(=O)Nc1nc2ccccc2s1)S(=O)(=O)c1ccc2ccccc2c1. The maximum absolute atomic E-state index is 12.8. The highest BCUT2D eigenvalue weighted by atomic mass is 32.2. The third-order valence-corrected chi connectivity index (χ3v) is 7.09. The van der Waals surface area contributed by atoms with Gasteiger partial charge in [-0.25, -0.2) is 13.4 Å². The number of thiazole rings is 1. The lowest BCUT2D eigenvalue weighted by Gasteiger charge is -2.16. The molecule has 0 unspecified atom stereocenters. The zero-order valence-electron chi connectivity index (χ0n) is 15.0. The lowest BCUT2D eigenvalue weighted by molar-refractivity contribution is -0.116. The van der Waals surface area contributed by atoms with Crippen LogP contribution in [0.15, 0.2) is 71.6 Å². The normalized spacial score (nSPS) is 11.9. The third kappa shape index (κ3) is 3.62. The summed E-state index contributed by atoms with van der Waals surface area (Å²) in [7, 11) is -2.40. The summed E-state index contributed by atoms with van der Waals surface area (Å²) in [5.41, 5.74) is 0.792. The number of para-hydroxylation sites is 1. The van der Waals surface area contributed by atoms with Gasteiger partial charge in [-0.15, -0.1) is 0 Å². The molecule has 0 aliphatic heterocycles. The van der Waals surface area contributed by atoms with Crippen molar-refractivity contribution < 1.29 is 13.2 Å². The molecule has 0 aliphatic rings. The van der Waals surface area contributed by atoms with E-state index in [1.807, 2.05) is 48.5 Å². The molecule has 6 nitrogen and oxygen atoms in total. The van der Waals surface area contributed by atoms with Gasteiger partial charge in [0, 0.05) is 7.05 Å². The van der Waals surface area contributed by atoms with Gasteiger partial charge in [0.05, 0.1) is 21.7 Å². The van der Waals surface area contributed by atoms with Crippen LogP contribution in [0, 0.1) is 0 Å². The number of benzene rings is 3. The van der Waals surface area contributed by atoms with Gasteiger partial charge in [-0.2, -0.15) is 4.31 Å². The molecule has 4 aromatic rings. The first kappa shape index (κ1) is 18.5. The zero-order chi connectivity index (χ0) is 19.7. The second-order valence-corrected chi connectivity index (χ2v) is 9.38. The van der Waals surface area contributed by atoms with E-state index in [0.717, 1.165) is 25.3 Å². The van der Waals surface area contributed by atoms with E-state index in [4.69, 9.17) is 0 Å². The zero-order valence-corrected chi connectivity index (χ0v) is 16.6. The molecule has 0 aliphatic carbocycles. The van der Waals surface area contributed by atoms with Crippen molar-refractivity contribution in [3.63, 3.8) is 0 Å². The number of amides is 1. The number of likely N-dealkylation sites (N-methyl/N-ethyl adjacent to an activating group) is 1. The number of anilines is 1. The van der Waals surface area contributed by atoms with Crippen LogP contribution in [0.2, 0.25) is 0 Å². The maximum atomic E-state index is 12.8. The van der Waals surface area contributed by atoms with Crippen LogP contribution in [0.25, 0.3) is 21.0 Å². The van der Waals surface area contributed by atoms with Gasteiger partial charge >= 0.3 is 0 Å². The van der Waals surface area contributed by atoms with E-state index < -0.39 is 15.9 Å². The number of sulfonamides is 1. The van der Waals surface area contributed by atoms with Crippen LogP contribution in [0.5, 0.6) is 0 Å². The molecule has 3 aromatic carbocycles. The monoisotopic (exact) mass is 411 g/mol. The number of fused-ring (bicyclic) bond motifs is 2. The van der Waals surface area contributed by atoms with E-state index in [1.165, 1.54) is 18.4 Å². The fourth-order valence-corrected chi connectivity index (χ4v) is 4.92. The molecule has 0 spiro atoms. The van der Waals surface area contributed by atoms with Crippen molar-refractivity contribution in [1.29, 1.82) is 0 Å². The summed E-state index contributed by atoms with van der Waals surface area (Å²) in [4.78, 5) is 16.8. The van der Waals surface area contributed by atoms with E-state index in [1.54, 1.807) is 18.2 Å². The van der Waals surface area contributed by atoms with Crippen molar-refractivity contribution in [2.75, 3.05) is 18.9 Å². The Morgan fingerprint density at radius 2 is 1.75 bits per heavy atom. The molecular formula is C20H17N3O3S2. The summed E-state index contributed by atoms with van der Waals surface area (Å²) in [6.45, 7) is -0.301. The average Bonchev–Trinajstić information content (AvgIpc) is 3.09. The molecule has 1 aromatic heterocycles. The molecule has 8 heteroatoms. The van der Waals surface area contributed by atoms with Crippen LogP contribution in [-0.4, -0.2) is 37.2 Å². The van der Waals surface area contributed by atoms with Gasteiger partial charge < -0.3 is 5.32 Å². The summed E-state index contributed by atoms with van der Waals surface area (Å²) in [6, 6.07) is 20.0. The smallest absolute Gasteiger partial charge is 0.243 e. The molecule has 0 saturated heterocycles. The van der Waals surface area contributed by atoms with E-state index >= 15 is 0 Å². The summed E-state index contributed by atoms with van der Waals surface area (Å²) < 4.78 is 27.7. The van der Waals surface area contributed by atoms with Crippen molar-refractivity contribution in [2.45, 2.75) is 4.90 Å². The number of carbonyl (C=O) groups is 1. The lowest BCUT2D eigenvalue weighted by Crippen LogP contribution is -2.34. The first-order valence-corrected chi connectivity index (χ1v) is 10.8. The Kier molecular flexibility index (Phi) is 4.84. The van der Waals surface area contributed by atoms with Crippen LogP contribution in [0.3, 0.4) is 0 Å². The molecule has 1 heterocycles. The molecule has 0 radical (unpaired) electrons. The Hall–Kier alpha value is -2.81. The molecule has 4 rings (SSSR count). The first-order valence-electron chi connectivity index (χ1n) is 8.54. The van der Waals surface area contributed by atoms with Crippen molar-refractivity contribution in [3.05, 3.63) is 66.7 Å². The predicted octanol–water partition coefficient (Wildman–Crippen LogP) is 3.71.